The SMILES string of the molecule is CCCCN(CCBr)Cc1c(Cl)cccc1Cl. The van der Waals surface area contributed by atoms with Crippen LogP contribution in [0.15, 0.2) is 18.2 Å². The van der Waals surface area contributed by atoms with Crippen molar-refractivity contribution in [1.82, 2.24) is 4.90 Å². The minimum absolute atomic E-state index is 0.758. The largest absolute Gasteiger partial charge is 0.298 e. The predicted molar refractivity (Wildman–Crippen MR) is 80.4 cm³/mol. The first-order valence-corrected chi connectivity index (χ1v) is 7.78. The summed E-state index contributed by atoms with van der Waals surface area (Å²) < 4.78 is 0. The van der Waals surface area contributed by atoms with Crippen molar-refractivity contribution in [3.05, 3.63) is 33.8 Å². The fourth-order valence-electron chi connectivity index (χ4n) is 1.68. The van der Waals surface area contributed by atoms with Crippen molar-refractivity contribution < 1.29 is 0 Å². The summed E-state index contributed by atoms with van der Waals surface area (Å²) >= 11 is 15.9. The maximum absolute atomic E-state index is 6.18. The van der Waals surface area contributed by atoms with Crippen molar-refractivity contribution in [2.45, 2.75) is 26.3 Å². The van der Waals surface area contributed by atoms with E-state index in [4.69, 9.17) is 23.2 Å². The van der Waals surface area contributed by atoms with E-state index < -0.39 is 0 Å². The van der Waals surface area contributed by atoms with E-state index in [0.29, 0.717) is 0 Å². The first-order valence-electron chi connectivity index (χ1n) is 5.90. The molecule has 1 aromatic rings. The van der Waals surface area contributed by atoms with E-state index in [9.17, 15) is 0 Å². The van der Waals surface area contributed by atoms with Crippen molar-refractivity contribution in [3.63, 3.8) is 0 Å². The molecule has 0 amide bonds. The quantitative estimate of drug-likeness (QED) is 0.633. The highest BCUT2D eigenvalue weighted by atomic mass is 79.9. The Morgan fingerprint density at radius 2 is 1.82 bits per heavy atom. The van der Waals surface area contributed by atoms with Crippen LogP contribution < -0.4 is 0 Å². The van der Waals surface area contributed by atoms with E-state index in [1.165, 1.54) is 12.8 Å². The number of halogens is 3. The van der Waals surface area contributed by atoms with Crippen LogP contribution in [0.1, 0.15) is 25.3 Å². The summed E-state index contributed by atoms with van der Waals surface area (Å²) in [4.78, 5) is 2.38. The van der Waals surface area contributed by atoms with Crippen molar-refractivity contribution in [2.24, 2.45) is 0 Å². The first kappa shape index (κ1) is 15.3. The molecule has 0 spiro atoms. The number of hydrogen-bond donors (Lipinski definition) is 0. The lowest BCUT2D eigenvalue weighted by Crippen LogP contribution is -2.26. The van der Waals surface area contributed by atoms with E-state index >= 15 is 0 Å². The van der Waals surface area contributed by atoms with Crippen LogP contribution in [0.2, 0.25) is 10.0 Å². The molecule has 96 valence electrons. The van der Waals surface area contributed by atoms with Crippen molar-refractivity contribution >= 4 is 39.1 Å². The molecule has 0 aromatic heterocycles. The Bertz CT molecular complexity index is 324. The molecule has 0 bridgehead atoms. The van der Waals surface area contributed by atoms with Gasteiger partial charge in [0.15, 0.2) is 0 Å². The average Bonchev–Trinajstić information content (AvgIpc) is 2.31. The van der Waals surface area contributed by atoms with E-state index in [1.54, 1.807) is 0 Å². The van der Waals surface area contributed by atoms with Gasteiger partial charge in [0.1, 0.15) is 0 Å². The van der Waals surface area contributed by atoms with Gasteiger partial charge in [0.25, 0.3) is 0 Å². The fourth-order valence-corrected chi connectivity index (χ4v) is 2.70. The first-order chi connectivity index (χ1) is 8.19. The van der Waals surface area contributed by atoms with Gasteiger partial charge in [-0.3, -0.25) is 4.90 Å². The summed E-state index contributed by atoms with van der Waals surface area (Å²) in [6.45, 7) is 5.13. The standard InChI is InChI=1S/C13H18BrCl2N/c1-2-3-8-17(9-7-14)10-11-12(15)5-4-6-13(11)16/h4-6H,2-3,7-10H2,1H3. The van der Waals surface area contributed by atoms with Crippen LogP contribution in [0, 0.1) is 0 Å². The van der Waals surface area contributed by atoms with Gasteiger partial charge in [-0.25, -0.2) is 0 Å². The molecular formula is C13H18BrCl2N. The Morgan fingerprint density at radius 3 is 2.35 bits per heavy atom. The molecule has 0 aliphatic rings. The minimum Gasteiger partial charge on any atom is -0.298 e. The molecule has 0 radical (unpaired) electrons. The highest BCUT2D eigenvalue weighted by Gasteiger charge is 2.10. The van der Waals surface area contributed by atoms with Crippen molar-refractivity contribution in [1.29, 1.82) is 0 Å². The Hall–Kier alpha value is 0.240. The number of unbranched alkanes of at least 4 members (excludes halogenated alkanes) is 1. The molecule has 0 saturated heterocycles. The van der Waals surface area contributed by atoms with Crippen LogP contribution in [-0.4, -0.2) is 23.3 Å². The molecule has 0 saturated carbocycles. The van der Waals surface area contributed by atoms with Gasteiger partial charge < -0.3 is 0 Å². The van der Waals surface area contributed by atoms with Crippen LogP contribution in [0.25, 0.3) is 0 Å². The van der Waals surface area contributed by atoms with E-state index in [0.717, 1.165) is 40.6 Å². The number of hydrogen-bond acceptors (Lipinski definition) is 1. The molecule has 1 nitrogen and oxygen atoms in total. The molecule has 17 heavy (non-hydrogen) atoms. The van der Waals surface area contributed by atoms with Gasteiger partial charge in [-0.05, 0) is 25.1 Å². The second kappa shape index (κ2) is 8.36. The molecule has 0 unspecified atom stereocenters. The predicted octanol–water partition coefficient (Wildman–Crippen LogP) is 4.99. The molecule has 1 aromatic carbocycles. The van der Waals surface area contributed by atoms with Crippen LogP contribution in [0.4, 0.5) is 0 Å². The molecule has 0 N–H and O–H groups in total. The molecular weight excluding hydrogens is 321 g/mol. The van der Waals surface area contributed by atoms with Crippen molar-refractivity contribution in [2.75, 3.05) is 18.4 Å². The summed E-state index contributed by atoms with van der Waals surface area (Å²) in [5.41, 5.74) is 1.04. The summed E-state index contributed by atoms with van der Waals surface area (Å²) in [6.07, 6.45) is 2.41. The normalized spacial score (nSPS) is 11.1. The fraction of sp³-hybridized carbons (Fsp3) is 0.538. The van der Waals surface area contributed by atoms with Crippen LogP contribution in [0.3, 0.4) is 0 Å². The zero-order chi connectivity index (χ0) is 12.7. The summed E-state index contributed by atoms with van der Waals surface area (Å²) in [5, 5.41) is 2.49. The summed E-state index contributed by atoms with van der Waals surface area (Å²) in [5.74, 6) is 0. The second-order valence-electron chi connectivity index (χ2n) is 4.02. The van der Waals surface area contributed by atoms with Crippen LogP contribution in [0.5, 0.6) is 0 Å². The van der Waals surface area contributed by atoms with Gasteiger partial charge in [-0.15, -0.1) is 0 Å². The lowest BCUT2D eigenvalue weighted by molar-refractivity contribution is 0.278. The van der Waals surface area contributed by atoms with Gasteiger partial charge in [-0.1, -0.05) is 58.5 Å². The number of nitrogens with zero attached hydrogens (tertiary/aromatic N) is 1. The van der Waals surface area contributed by atoms with Crippen LogP contribution >= 0.6 is 39.1 Å². The van der Waals surface area contributed by atoms with Gasteiger partial charge >= 0.3 is 0 Å². The Balaban J connectivity index is 2.70. The summed E-state index contributed by atoms with van der Waals surface area (Å²) in [6, 6.07) is 5.68. The number of benzene rings is 1. The molecule has 0 aliphatic carbocycles. The molecule has 0 aliphatic heterocycles. The number of rotatable bonds is 7. The molecule has 4 heteroatoms. The summed E-state index contributed by atoms with van der Waals surface area (Å²) in [7, 11) is 0. The maximum Gasteiger partial charge on any atom is 0.0465 e. The third-order valence-electron chi connectivity index (χ3n) is 2.67. The maximum atomic E-state index is 6.18. The van der Waals surface area contributed by atoms with E-state index in [-0.39, 0.29) is 0 Å². The molecule has 0 heterocycles. The molecule has 1 rings (SSSR count). The topological polar surface area (TPSA) is 3.24 Å². The lowest BCUT2D eigenvalue weighted by Gasteiger charge is -2.22. The Kier molecular flexibility index (Phi) is 7.52. The van der Waals surface area contributed by atoms with Gasteiger partial charge in [0.2, 0.25) is 0 Å². The average molecular weight is 339 g/mol. The van der Waals surface area contributed by atoms with E-state index in [2.05, 4.69) is 27.8 Å². The van der Waals surface area contributed by atoms with Gasteiger partial charge in [-0.2, -0.15) is 0 Å². The second-order valence-corrected chi connectivity index (χ2v) is 5.63. The smallest absolute Gasteiger partial charge is 0.0465 e. The number of alkyl halides is 1. The molecule has 0 atom stereocenters. The zero-order valence-corrected chi connectivity index (χ0v) is 13.2. The highest BCUT2D eigenvalue weighted by molar-refractivity contribution is 9.09. The third kappa shape index (κ3) is 5.17. The third-order valence-corrected chi connectivity index (χ3v) is 3.73. The van der Waals surface area contributed by atoms with Gasteiger partial charge in [0, 0.05) is 34.0 Å². The Morgan fingerprint density at radius 1 is 1.18 bits per heavy atom. The zero-order valence-electron chi connectivity index (χ0n) is 10.1. The lowest BCUT2D eigenvalue weighted by atomic mass is 10.2. The minimum atomic E-state index is 0.758. The molecule has 0 fully saturated rings. The van der Waals surface area contributed by atoms with Crippen molar-refractivity contribution in [3.8, 4) is 0 Å². The van der Waals surface area contributed by atoms with E-state index in [1.807, 2.05) is 18.2 Å². The Labute approximate surface area is 122 Å². The van der Waals surface area contributed by atoms with Gasteiger partial charge in [0.05, 0.1) is 0 Å². The van der Waals surface area contributed by atoms with Crippen LogP contribution in [-0.2, 0) is 6.54 Å². The monoisotopic (exact) mass is 337 g/mol. The highest BCUT2D eigenvalue weighted by Crippen LogP contribution is 2.25.